The van der Waals surface area contributed by atoms with Gasteiger partial charge in [-0.25, -0.2) is 0 Å². The van der Waals surface area contributed by atoms with E-state index in [-0.39, 0.29) is 90.9 Å². The minimum absolute atomic E-state index is 0.0418. The van der Waals surface area contributed by atoms with Gasteiger partial charge in [0.1, 0.15) is 69.7 Å². The van der Waals surface area contributed by atoms with E-state index in [4.69, 9.17) is 23.7 Å². The number of carbonyl (C=O) groups is 2. The van der Waals surface area contributed by atoms with E-state index in [1.54, 1.807) is 0 Å². The number of benzene rings is 6. The van der Waals surface area contributed by atoms with E-state index in [1.807, 2.05) is 0 Å². The van der Waals surface area contributed by atoms with E-state index in [0.29, 0.717) is 11.1 Å². The van der Waals surface area contributed by atoms with Crippen molar-refractivity contribution < 1.29 is 74.1 Å². The van der Waals surface area contributed by atoms with Crippen LogP contribution in [0, 0.1) is 0 Å². The average molecular weight is 811 g/mol. The van der Waals surface area contributed by atoms with Crippen molar-refractivity contribution >= 4 is 24.1 Å². The number of esters is 2. The summed E-state index contributed by atoms with van der Waals surface area (Å²) >= 11 is 0. The van der Waals surface area contributed by atoms with E-state index in [2.05, 4.69) is 0 Å². The molecule has 300 valence electrons. The fourth-order valence-corrected chi connectivity index (χ4v) is 9.18. The second-order valence-corrected chi connectivity index (χ2v) is 14.7. The van der Waals surface area contributed by atoms with Crippen molar-refractivity contribution in [1.82, 2.24) is 0 Å². The SMILES string of the molecule is COc1c(O)cc(/C=C/c2cc(O)cc3c2[C@]2(C(=O)O3)c3c(O)cc(O)cc3O[C@@H]2c2ccc(O)cc2)c2c1OC(=O)[C@@]21c2c(O)cc(O)cc2O[C@@H]1c1ccc(O)cc1. The molecule has 4 aliphatic heterocycles. The first-order chi connectivity index (χ1) is 28.8. The number of hydrogen-bond acceptors (Lipinski definition) is 15. The lowest BCUT2D eigenvalue weighted by atomic mass is 9.68. The number of fused-ring (bicyclic) bond motifs is 8. The Labute approximate surface area is 338 Å². The number of phenolic OH excluding ortho intramolecular Hbond substituents is 8. The molecule has 0 fully saturated rings. The van der Waals surface area contributed by atoms with Crippen LogP contribution in [0.25, 0.3) is 12.2 Å². The van der Waals surface area contributed by atoms with E-state index in [9.17, 15) is 50.4 Å². The second-order valence-electron chi connectivity index (χ2n) is 14.7. The molecule has 8 N–H and O–H groups in total. The van der Waals surface area contributed by atoms with Crippen LogP contribution in [0.3, 0.4) is 0 Å². The molecule has 0 unspecified atom stereocenters. The lowest BCUT2D eigenvalue weighted by molar-refractivity contribution is -0.139. The first-order valence-electron chi connectivity index (χ1n) is 18.3. The Morgan fingerprint density at radius 2 is 0.950 bits per heavy atom. The van der Waals surface area contributed by atoms with Gasteiger partial charge in [-0.3, -0.25) is 9.59 Å². The highest BCUT2D eigenvalue weighted by atomic mass is 16.6. The van der Waals surface area contributed by atoms with Crippen LogP contribution in [0.2, 0.25) is 0 Å². The number of carbonyl (C=O) groups excluding carboxylic acids is 2. The molecule has 0 bridgehead atoms. The van der Waals surface area contributed by atoms with Gasteiger partial charge in [0.2, 0.25) is 5.75 Å². The first-order valence-corrected chi connectivity index (χ1v) is 18.3. The highest BCUT2D eigenvalue weighted by Crippen LogP contribution is 2.67. The molecule has 0 saturated carbocycles. The maximum atomic E-state index is 14.6. The molecular formula is C45H30O15. The zero-order valence-corrected chi connectivity index (χ0v) is 30.9. The zero-order chi connectivity index (χ0) is 42.0. The minimum Gasteiger partial charge on any atom is -0.508 e. The summed E-state index contributed by atoms with van der Waals surface area (Å²) in [5.41, 5.74) is -3.00. The van der Waals surface area contributed by atoms with Crippen molar-refractivity contribution in [2.24, 2.45) is 0 Å². The average Bonchev–Trinajstić information content (AvgIpc) is 3.90. The molecule has 2 spiro atoms. The summed E-state index contributed by atoms with van der Waals surface area (Å²) < 4.78 is 30.0. The summed E-state index contributed by atoms with van der Waals surface area (Å²) in [6.07, 6.45) is 0.367. The molecule has 4 aliphatic rings. The lowest BCUT2D eigenvalue weighted by Gasteiger charge is -2.29. The van der Waals surface area contributed by atoms with Crippen molar-refractivity contribution in [3.05, 3.63) is 136 Å². The molecule has 15 heteroatoms. The number of hydrogen-bond donors (Lipinski definition) is 8. The molecule has 4 atom stereocenters. The number of aromatic hydroxyl groups is 8. The van der Waals surface area contributed by atoms with Gasteiger partial charge in [0.15, 0.2) is 22.3 Å². The third-order valence-corrected chi connectivity index (χ3v) is 11.4. The molecule has 10 rings (SSSR count). The zero-order valence-electron chi connectivity index (χ0n) is 30.9. The Morgan fingerprint density at radius 3 is 1.47 bits per heavy atom. The van der Waals surface area contributed by atoms with Crippen LogP contribution in [0.1, 0.15) is 56.7 Å². The standard InChI is InChI=1S/C45H30O15/c1-56-38-30(53)13-22(35-39(38)60-43(55)45(35)37-29(52)15-27(50)18-33(37)58-41(45)20-6-10-24(47)11-7-20)3-2-21-12-25(48)16-31-34(21)44(42(54)59-31)36-28(51)14-26(49)17-32(36)57-40(44)19-4-8-23(46)9-5-19/h2-18,40-41,46-53H,1H3/b3-2+/t40-,41-,44+,45-/m1/s1. The third kappa shape index (κ3) is 4.70. The summed E-state index contributed by atoms with van der Waals surface area (Å²) in [5.74, 6) is -5.17. The quantitative estimate of drug-likeness (QED) is 0.0550. The largest absolute Gasteiger partial charge is 0.508 e. The van der Waals surface area contributed by atoms with Gasteiger partial charge in [0.05, 0.1) is 18.2 Å². The van der Waals surface area contributed by atoms with Gasteiger partial charge in [0, 0.05) is 41.5 Å². The smallest absolute Gasteiger partial charge is 0.331 e. The van der Waals surface area contributed by atoms with Crippen LogP contribution < -0.4 is 23.7 Å². The molecule has 0 amide bonds. The monoisotopic (exact) mass is 810 g/mol. The summed E-state index contributed by atoms with van der Waals surface area (Å²) in [5, 5.41) is 86.5. The van der Waals surface area contributed by atoms with Gasteiger partial charge in [0.25, 0.3) is 0 Å². The summed E-state index contributed by atoms with van der Waals surface area (Å²) in [4.78, 5) is 29.1. The van der Waals surface area contributed by atoms with Gasteiger partial charge in [-0.05, 0) is 58.7 Å². The maximum Gasteiger partial charge on any atom is 0.331 e. The van der Waals surface area contributed by atoms with E-state index in [1.165, 1.54) is 98.1 Å². The topological polar surface area (TPSA) is 242 Å². The van der Waals surface area contributed by atoms with Gasteiger partial charge in [-0.15, -0.1) is 0 Å². The number of phenols is 8. The molecule has 0 aromatic heterocycles. The number of rotatable bonds is 5. The summed E-state index contributed by atoms with van der Waals surface area (Å²) in [6, 6.07) is 20.0. The Hall–Kier alpha value is -8.20. The summed E-state index contributed by atoms with van der Waals surface area (Å²) in [7, 11) is 1.25. The van der Waals surface area contributed by atoms with Gasteiger partial charge < -0.3 is 64.5 Å². The fourth-order valence-electron chi connectivity index (χ4n) is 9.18. The molecule has 0 saturated heterocycles. The van der Waals surface area contributed by atoms with Crippen molar-refractivity contribution in [3.63, 3.8) is 0 Å². The van der Waals surface area contributed by atoms with E-state index >= 15 is 0 Å². The van der Waals surface area contributed by atoms with Crippen molar-refractivity contribution in [1.29, 1.82) is 0 Å². The molecule has 0 aliphatic carbocycles. The molecule has 4 heterocycles. The minimum atomic E-state index is -2.04. The molecule has 6 aromatic carbocycles. The normalized spacial score (nSPS) is 21.6. The molecule has 60 heavy (non-hydrogen) atoms. The predicted molar refractivity (Wildman–Crippen MR) is 207 cm³/mol. The molecule has 0 radical (unpaired) electrons. The van der Waals surface area contributed by atoms with E-state index in [0.717, 1.165) is 12.1 Å². The summed E-state index contributed by atoms with van der Waals surface area (Å²) in [6.45, 7) is 0. The van der Waals surface area contributed by atoms with Gasteiger partial charge in [-0.2, -0.15) is 0 Å². The Morgan fingerprint density at radius 1 is 0.500 bits per heavy atom. The van der Waals surface area contributed by atoms with Crippen LogP contribution in [0.15, 0.2) is 91.0 Å². The van der Waals surface area contributed by atoms with Gasteiger partial charge >= 0.3 is 11.9 Å². The Bertz CT molecular complexity index is 2900. The molecule has 15 nitrogen and oxygen atoms in total. The van der Waals surface area contributed by atoms with Crippen LogP contribution in [-0.2, 0) is 20.4 Å². The highest BCUT2D eigenvalue weighted by molar-refractivity contribution is 6.03. The molecular weight excluding hydrogens is 780 g/mol. The highest BCUT2D eigenvalue weighted by Gasteiger charge is 2.67. The predicted octanol–water partition coefficient (Wildman–Crippen LogP) is 6.19. The van der Waals surface area contributed by atoms with Crippen molar-refractivity contribution in [2.45, 2.75) is 23.0 Å². The van der Waals surface area contributed by atoms with Crippen LogP contribution in [-0.4, -0.2) is 59.9 Å². The van der Waals surface area contributed by atoms with Crippen molar-refractivity contribution in [3.8, 4) is 74.7 Å². The lowest BCUT2D eigenvalue weighted by Crippen LogP contribution is -2.40. The van der Waals surface area contributed by atoms with Gasteiger partial charge in [-0.1, -0.05) is 36.4 Å². The Kier molecular flexibility index (Phi) is 7.47. The number of ether oxygens (including phenoxy) is 5. The van der Waals surface area contributed by atoms with Crippen LogP contribution in [0.4, 0.5) is 0 Å². The van der Waals surface area contributed by atoms with Crippen molar-refractivity contribution in [2.75, 3.05) is 7.11 Å². The Balaban J connectivity index is 1.23. The van der Waals surface area contributed by atoms with Crippen LogP contribution in [0.5, 0.6) is 74.7 Å². The molecule has 6 aromatic rings. The number of methoxy groups -OCH3 is 1. The fraction of sp³-hybridized carbons (Fsp3) is 0.111. The first kappa shape index (κ1) is 36.2. The third-order valence-electron chi connectivity index (χ3n) is 11.4. The maximum absolute atomic E-state index is 14.6. The van der Waals surface area contributed by atoms with E-state index < -0.39 is 52.2 Å². The van der Waals surface area contributed by atoms with Crippen LogP contribution >= 0.6 is 0 Å². The second kappa shape index (κ2) is 12.4.